The SMILES string of the molecule is COc1cccc(-c2[nH]ncc2C(=O)NCc2ccc(C(F)(F)F)cc2)c1. The van der Waals surface area contributed by atoms with Crippen molar-refractivity contribution in [1.29, 1.82) is 0 Å². The monoisotopic (exact) mass is 375 g/mol. The second kappa shape index (κ2) is 7.53. The van der Waals surface area contributed by atoms with Crippen LogP contribution in [0.5, 0.6) is 5.75 Å². The van der Waals surface area contributed by atoms with Crippen LogP contribution in [0.2, 0.25) is 0 Å². The molecule has 8 heteroatoms. The molecule has 27 heavy (non-hydrogen) atoms. The number of nitrogens with one attached hydrogen (secondary N) is 2. The van der Waals surface area contributed by atoms with Gasteiger partial charge in [0.15, 0.2) is 0 Å². The lowest BCUT2D eigenvalue weighted by Crippen LogP contribution is -2.23. The van der Waals surface area contributed by atoms with Crippen molar-refractivity contribution < 1.29 is 22.7 Å². The molecule has 0 saturated heterocycles. The quantitative estimate of drug-likeness (QED) is 0.707. The zero-order valence-electron chi connectivity index (χ0n) is 14.3. The number of aromatic amines is 1. The number of alkyl halides is 3. The number of methoxy groups -OCH3 is 1. The van der Waals surface area contributed by atoms with Gasteiger partial charge in [-0.15, -0.1) is 0 Å². The van der Waals surface area contributed by atoms with Gasteiger partial charge in [0.05, 0.1) is 30.1 Å². The molecule has 5 nitrogen and oxygen atoms in total. The predicted octanol–water partition coefficient (Wildman–Crippen LogP) is 4.03. The molecular weight excluding hydrogens is 359 g/mol. The van der Waals surface area contributed by atoms with Gasteiger partial charge < -0.3 is 10.1 Å². The van der Waals surface area contributed by atoms with Gasteiger partial charge in [0, 0.05) is 12.1 Å². The van der Waals surface area contributed by atoms with E-state index in [1.807, 2.05) is 6.07 Å². The number of rotatable bonds is 5. The first-order valence-corrected chi connectivity index (χ1v) is 8.00. The van der Waals surface area contributed by atoms with Crippen molar-refractivity contribution >= 4 is 5.91 Å². The maximum absolute atomic E-state index is 12.6. The summed E-state index contributed by atoms with van der Waals surface area (Å²) in [6, 6.07) is 11.8. The van der Waals surface area contributed by atoms with Crippen molar-refractivity contribution in [1.82, 2.24) is 15.5 Å². The lowest BCUT2D eigenvalue weighted by Gasteiger charge is -2.09. The lowest BCUT2D eigenvalue weighted by molar-refractivity contribution is -0.137. The van der Waals surface area contributed by atoms with E-state index in [9.17, 15) is 18.0 Å². The van der Waals surface area contributed by atoms with Crippen molar-refractivity contribution in [3.63, 3.8) is 0 Å². The molecule has 0 unspecified atom stereocenters. The van der Waals surface area contributed by atoms with Crippen molar-refractivity contribution in [2.75, 3.05) is 7.11 Å². The van der Waals surface area contributed by atoms with Crippen molar-refractivity contribution in [2.45, 2.75) is 12.7 Å². The maximum Gasteiger partial charge on any atom is 0.416 e. The molecule has 0 saturated carbocycles. The third kappa shape index (κ3) is 4.28. The van der Waals surface area contributed by atoms with E-state index in [1.54, 1.807) is 25.3 Å². The molecule has 0 fully saturated rings. The van der Waals surface area contributed by atoms with Gasteiger partial charge in [-0.05, 0) is 29.8 Å². The summed E-state index contributed by atoms with van der Waals surface area (Å²) in [5.41, 5.74) is 1.41. The van der Waals surface area contributed by atoms with Gasteiger partial charge in [0.25, 0.3) is 5.91 Å². The average molecular weight is 375 g/mol. The zero-order valence-corrected chi connectivity index (χ0v) is 14.3. The molecular formula is C19H16F3N3O2. The van der Waals surface area contributed by atoms with Crippen LogP contribution in [0.25, 0.3) is 11.3 Å². The number of benzene rings is 2. The number of aromatic nitrogens is 2. The highest BCUT2D eigenvalue weighted by Crippen LogP contribution is 2.29. The molecule has 0 aliphatic heterocycles. The van der Waals surface area contributed by atoms with Gasteiger partial charge in [-0.3, -0.25) is 9.89 Å². The van der Waals surface area contributed by atoms with Crippen LogP contribution in [0.3, 0.4) is 0 Å². The summed E-state index contributed by atoms with van der Waals surface area (Å²) in [6.45, 7) is 0.0969. The minimum atomic E-state index is -4.38. The molecule has 2 aromatic carbocycles. The Morgan fingerprint density at radius 2 is 1.93 bits per heavy atom. The topological polar surface area (TPSA) is 67.0 Å². The Labute approximate surface area is 153 Å². The van der Waals surface area contributed by atoms with E-state index in [4.69, 9.17) is 4.74 Å². The third-order valence-corrected chi connectivity index (χ3v) is 3.98. The fraction of sp³-hybridized carbons (Fsp3) is 0.158. The van der Waals surface area contributed by atoms with Gasteiger partial charge in [-0.2, -0.15) is 18.3 Å². The molecule has 140 valence electrons. The summed E-state index contributed by atoms with van der Waals surface area (Å²) in [5.74, 6) is 0.250. The van der Waals surface area contributed by atoms with E-state index in [2.05, 4.69) is 15.5 Å². The van der Waals surface area contributed by atoms with Crippen molar-refractivity contribution in [3.05, 3.63) is 71.4 Å². The largest absolute Gasteiger partial charge is 0.497 e. The fourth-order valence-electron chi connectivity index (χ4n) is 2.55. The first-order chi connectivity index (χ1) is 12.9. The van der Waals surface area contributed by atoms with Crippen LogP contribution in [-0.2, 0) is 12.7 Å². The van der Waals surface area contributed by atoms with Crippen LogP contribution in [0.1, 0.15) is 21.5 Å². The van der Waals surface area contributed by atoms with E-state index in [0.29, 0.717) is 22.6 Å². The van der Waals surface area contributed by atoms with Gasteiger partial charge in [0.2, 0.25) is 0 Å². The van der Waals surface area contributed by atoms with E-state index < -0.39 is 11.7 Å². The van der Waals surface area contributed by atoms with Crippen LogP contribution in [0, 0.1) is 0 Å². The Morgan fingerprint density at radius 3 is 2.59 bits per heavy atom. The Balaban J connectivity index is 1.71. The number of ether oxygens (including phenoxy) is 1. The molecule has 3 rings (SSSR count). The second-order valence-electron chi connectivity index (χ2n) is 5.77. The Kier molecular flexibility index (Phi) is 5.16. The summed E-state index contributed by atoms with van der Waals surface area (Å²) >= 11 is 0. The summed E-state index contributed by atoms with van der Waals surface area (Å²) in [5, 5.41) is 9.39. The normalized spacial score (nSPS) is 11.3. The highest BCUT2D eigenvalue weighted by Gasteiger charge is 2.29. The molecule has 0 radical (unpaired) electrons. The molecule has 0 spiro atoms. The van der Waals surface area contributed by atoms with Crippen LogP contribution < -0.4 is 10.1 Å². The third-order valence-electron chi connectivity index (χ3n) is 3.98. The van der Waals surface area contributed by atoms with Crippen LogP contribution >= 0.6 is 0 Å². The standard InChI is InChI=1S/C19H16F3N3O2/c1-27-15-4-2-3-13(9-15)17-16(11-24-25-17)18(26)23-10-12-5-7-14(8-6-12)19(20,21)22/h2-9,11H,10H2,1H3,(H,23,26)(H,24,25). The van der Waals surface area contributed by atoms with Crippen LogP contribution in [0.15, 0.2) is 54.7 Å². The number of nitrogens with zero attached hydrogens (tertiary/aromatic N) is 1. The number of halogens is 3. The summed E-state index contributed by atoms with van der Waals surface area (Å²) in [4.78, 5) is 12.5. The zero-order chi connectivity index (χ0) is 19.4. The number of H-pyrrole nitrogens is 1. The molecule has 1 amide bonds. The molecule has 2 N–H and O–H groups in total. The molecule has 0 aliphatic carbocycles. The van der Waals surface area contributed by atoms with E-state index >= 15 is 0 Å². The number of amides is 1. The van der Waals surface area contributed by atoms with Crippen molar-refractivity contribution in [3.8, 4) is 17.0 Å². The Bertz CT molecular complexity index is 934. The minimum Gasteiger partial charge on any atom is -0.497 e. The molecule has 1 heterocycles. The van der Waals surface area contributed by atoms with Gasteiger partial charge in [0.1, 0.15) is 5.75 Å². The number of hydrogen-bond acceptors (Lipinski definition) is 3. The highest BCUT2D eigenvalue weighted by molar-refractivity contribution is 5.99. The molecule has 0 bridgehead atoms. The Morgan fingerprint density at radius 1 is 1.19 bits per heavy atom. The Hall–Kier alpha value is -3.29. The van der Waals surface area contributed by atoms with Gasteiger partial charge >= 0.3 is 6.18 Å². The molecule has 3 aromatic rings. The predicted molar refractivity (Wildman–Crippen MR) is 93.2 cm³/mol. The van der Waals surface area contributed by atoms with E-state index in [0.717, 1.165) is 17.7 Å². The minimum absolute atomic E-state index is 0.0969. The molecule has 1 aromatic heterocycles. The second-order valence-corrected chi connectivity index (χ2v) is 5.77. The lowest BCUT2D eigenvalue weighted by atomic mass is 10.1. The van der Waals surface area contributed by atoms with E-state index in [1.165, 1.54) is 18.3 Å². The maximum atomic E-state index is 12.6. The first-order valence-electron chi connectivity index (χ1n) is 8.00. The molecule has 0 atom stereocenters. The highest BCUT2D eigenvalue weighted by atomic mass is 19.4. The smallest absolute Gasteiger partial charge is 0.416 e. The van der Waals surface area contributed by atoms with Gasteiger partial charge in [-0.1, -0.05) is 24.3 Å². The van der Waals surface area contributed by atoms with Crippen molar-refractivity contribution in [2.24, 2.45) is 0 Å². The summed E-state index contributed by atoms with van der Waals surface area (Å²) < 4.78 is 42.9. The summed E-state index contributed by atoms with van der Waals surface area (Å²) in [6.07, 6.45) is -2.99. The average Bonchev–Trinajstić information content (AvgIpc) is 3.16. The number of carbonyl (C=O) groups is 1. The van der Waals surface area contributed by atoms with E-state index in [-0.39, 0.29) is 12.5 Å². The summed E-state index contributed by atoms with van der Waals surface area (Å²) in [7, 11) is 1.55. The van der Waals surface area contributed by atoms with Crippen LogP contribution in [0.4, 0.5) is 13.2 Å². The van der Waals surface area contributed by atoms with Crippen LogP contribution in [-0.4, -0.2) is 23.2 Å². The van der Waals surface area contributed by atoms with Gasteiger partial charge in [-0.25, -0.2) is 0 Å². The number of carbonyl (C=O) groups excluding carboxylic acids is 1. The molecule has 0 aliphatic rings. The fourth-order valence-corrected chi connectivity index (χ4v) is 2.55. The first kappa shape index (κ1) is 18.5. The number of hydrogen-bond donors (Lipinski definition) is 2.